The highest BCUT2D eigenvalue weighted by molar-refractivity contribution is 7.19. The van der Waals surface area contributed by atoms with Crippen LogP contribution in [0.5, 0.6) is 0 Å². The van der Waals surface area contributed by atoms with E-state index in [4.69, 9.17) is 9.84 Å². The number of aliphatic hydroxyl groups excluding tert-OH is 1. The highest BCUT2D eigenvalue weighted by Gasteiger charge is 2.31. The van der Waals surface area contributed by atoms with E-state index in [0.717, 1.165) is 21.5 Å². The van der Waals surface area contributed by atoms with Crippen molar-refractivity contribution in [3.8, 4) is 0 Å². The molecule has 4 rings (SSSR count). The second kappa shape index (κ2) is 5.72. The fourth-order valence-corrected chi connectivity index (χ4v) is 4.12. The standard InChI is InChI=1S/C16H19N5O3S/c1-16(2)6-9-10(7-24-16)25-14-11(9)13-18-12(19-21(13)8-17-14)15(23)20(3)4-5-22/h8,22H,4-7H2,1-3H3. The van der Waals surface area contributed by atoms with Crippen molar-refractivity contribution < 1.29 is 14.6 Å². The molecule has 3 aromatic heterocycles. The summed E-state index contributed by atoms with van der Waals surface area (Å²) < 4.78 is 7.44. The molecule has 0 saturated heterocycles. The molecule has 25 heavy (non-hydrogen) atoms. The molecule has 0 fully saturated rings. The van der Waals surface area contributed by atoms with E-state index < -0.39 is 0 Å². The van der Waals surface area contributed by atoms with Crippen LogP contribution in [0.15, 0.2) is 6.33 Å². The predicted molar refractivity (Wildman–Crippen MR) is 92.8 cm³/mol. The van der Waals surface area contributed by atoms with Gasteiger partial charge in [0, 0.05) is 24.9 Å². The van der Waals surface area contributed by atoms with Gasteiger partial charge in [0.15, 0.2) is 5.65 Å². The highest BCUT2D eigenvalue weighted by atomic mass is 32.1. The maximum absolute atomic E-state index is 12.4. The number of aliphatic hydroxyl groups is 1. The molecule has 0 radical (unpaired) electrons. The summed E-state index contributed by atoms with van der Waals surface area (Å²) in [5, 5.41) is 14.2. The topological polar surface area (TPSA) is 92.8 Å². The lowest BCUT2D eigenvalue weighted by atomic mass is 9.94. The van der Waals surface area contributed by atoms with Crippen molar-refractivity contribution in [3.63, 3.8) is 0 Å². The number of hydrogen-bond acceptors (Lipinski definition) is 7. The van der Waals surface area contributed by atoms with E-state index >= 15 is 0 Å². The number of likely N-dealkylation sites (N-methyl/N-ethyl adjacent to an activating group) is 1. The SMILES string of the molecule is CN(CCO)C(=O)c1nc2c3c4c(sc3ncn2n1)COC(C)(C)C4. The largest absolute Gasteiger partial charge is 0.395 e. The lowest BCUT2D eigenvalue weighted by Crippen LogP contribution is -2.31. The Morgan fingerprint density at radius 2 is 2.32 bits per heavy atom. The molecule has 0 aliphatic carbocycles. The summed E-state index contributed by atoms with van der Waals surface area (Å²) in [6.45, 7) is 4.83. The lowest BCUT2D eigenvalue weighted by Gasteiger charge is -2.30. The van der Waals surface area contributed by atoms with Gasteiger partial charge in [-0.15, -0.1) is 16.4 Å². The molecule has 1 aliphatic rings. The van der Waals surface area contributed by atoms with Crippen molar-refractivity contribution in [3.05, 3.63) is 22.6 Å². The smallest absolute Gasteiger partial charge is 0.293 e. The van der Waals surface area contributed by atoms with Gasteiger partial charge in [-0.2, -0.15) is 0 Å². The van der Waals surface area contributed by atoms with Gasteiger partial charge in [0.25, 0.3) is 5.91 Å². The van der Waals surface area contributed by atoms with Crippen LogP contribution in [0.2, 0.25) is 0 Å². The van der Waals surface area contributed by atoms with Crippen molar-refractivity contribution in [2.75, 3.05) is 20.2 Å². The van der Waals surface area contributed by atoms with E-state index in [1.54, 1.807) is 29.2 Å². The Balaban J connectivity index is 1.86. The summed E-state index contributed by atoms with van der Waals surface area (Å²) in [5.41, 5.74) is 1.58. The van der Waals surface area contributed by atoms with Crippen LogP contribution in [0.3, 0.4) is 0 Å². The molecule has 0 atom stereocenters. The van der Waals surface area contributed by atoms with Crippen LogP contribution in [0, 0.1) is 0 Å². The monoisotopic (exact) mass is 361 g/mol. The second-order valence-corrected chi connectivity index (χ2v) is 7.89. The van der Waals surface area contributed by atoms with Crippen LogP contribution in [0.4, 0.5) is 0 Å². The van der Waals surface area contributed by atoms with Gasteiger partial charge in [-0.1, -0.05) is 0 Å². The number of carbonyl (C=O) groups is 1. The van der Waals surface area contributed by atoms with E-state index in [0.29, 0.717) is 12.3 Å². The maximum Gasteiger partial charge on any atom is 0.293 e. The van der Waals surface area contributed by atoms with E-state index in [1.807, 2.05) is 0 Å². The molecule has 1 aliphatic heterocycles. The molecule has 1 amide bonds. The number of carbonyl (C=O) groups excluding carboxylic acids is 1. The van der Waals surface area contributed by atoms with Crippen LogP contribution < -0.4 is 0 Å². The van der Waals surface area contributed by atoms with Gasteiger partial charge >= 0.3 is 0 Å². The zero-order valence-electron chi connectivity index (χ0n) is 14.3. The van der Waals surface area contributed by atoms with Crippen molar-refractivity contribution >= 4 is 33.1 Å². The normalized spacial score (nSPS) is 16.3. The Bertz CT molecular complexity index is 977. The van der Waals surface area contributed by atoms with Crippen LogP contribution >= 0.6 is 11.3 Å². The summed E-state index contributed by atoms with van der Waals surface area (Å²) in [5.74, 6) is -0.213. The third-order valence-corrected chi connectivity index (χ3v) is 5.49. The van der Waals surface area contributed by atoms with Gasteiger partial charge < -0.3 is 14.7 Å². The first-order valence-corrected chi connectivity index (χ1v) is 8.87. The van der Waals surface area contributed by atoms with Crippen LogP contribution in [-0.2, 0) is 17.8 Å². The molecule has 0 aromatic carbocycles. The number of rotatable bonds is 3. The Hall–Kier alpha value is -2.10. The maximum atomic E-state index is 12.4. The van der Waals surface area contributed by atoms with E-state index in [1.165, 1.54) is 10.5 Å². The number of amides is 1. The zero-order chi connectivity index (χ0) is 17.8. The lowest BCUT2D eigenvalue weighted by molar-refractivity contribution is -0.0379. The van der Waals surface area contributed by atoms with E-state index in [2.05, 4.69) is 28.9 Å². The molecule has 0 saturated carbocycles. The Kier molecular flexibility index (Phi) is 3.75. The number of nitrogens with zero attached hydrogens (tertiary/aromatic N) is 5. The van der Waals surface area contributed by atoms with Gasteiger partial charge in [-0.3, -0.25) is 4.79 Å². The average Bonchev–Trinajstić information content (AvgIpc) is 3.13. The van der Waals surface area contributed by atoms with Crippen LogP contribution in [0.1, 0.15) is 34.9 Å². The zero-order valence-corrected chi connectivity index (χ0v) is 15.1. The number of hydrogen-bond donors (Lipinski definition) is 1. The third-order valence-electron chi connectivity index (χ3n) is 4.38. The molecule has 4 heterocycles. The van der Waals surface area contributed by atoms with Crippen molar-refractivity contribution in [2.45, 2.75) is 32.5 Å². The Labute approximate surface area is 148 Å². The summed E-state index contributed by atoms with van der Waals surface area (Å²) in [7, 11) is 1.62. The molecule has 8 nitrogen and oxygen atoms in total. The number of thiophene rings is 1. The quantitative estimate of drug-likeness (QED) is 0.755. The van der Waals surface area contributed by atoms with E-state index in [9.17, 15) is 4.79 Å². The van der Waals surface area contributed by atoms with Gasteiger partial charge in [0.1, 0.15) is 11.2 Å². The minimum atomic E-state index is -0.321. The first-order valence-electron chi connectivity index (χ1n) is 8.05. The molecule has 9 heteroatoms. The van der Waals surface area contributed by atoms with Gasteiger partial charge in [-0.05, 0) is 19.4 Å². The first kappa shape index (κ1) is 16.4. The number of aromatic nitrogens is 4. The molecule has 0 bridgehead atoms. The molecule has 0 spiro atoms. The summed E-state index contributed by atoms with van der Waals surface area (Å²) in [6.07, 6.45) is 2.35. The van der Waals surface area contributed by atoms with Gasteiger partial charge in [-0.25, -0.2) is 14.5 Å². The molecule has 0 unspecified atom stereocenters. The van der Waals surface area contributed by atoms with E-state index in [-0.39, 0.29) is 30.5 Å². The fraction of sp³-hybridized carbons (Fsp3) is 0.500. The fourth-order valence-electron chi connectivity index (χ4n) is 3.05. The predicted octanol–water partition coefficient (Wildman–Crippen LogP) is 1.25. The van der Waals surface area contributed by atoms with Crippen molar-refractivity contribution in [1.29, 1.82) is 0 Å². The minimum absolute atomic E-state index is 0.103. The number of ether oxygens (including phenoxy) is 1. The summed E-state index contributed by atoms with van der Waals surface area (Å²) >= 11 is 1.60. The molecule has 1 N–H and O–H groups in total. The van der Waals surface area contributed by atoms with Crippen LogP contribution in [0.25, 0.3) is 15.9 Å². The van der Waals surface area contributed by atoms with Gasteiger partial charge in [0.2, 0.25) is 5.82 Å². The molecular formula is C16H19N5O3S. The molecule has 132 valence electrons. The first-order chi connectivity index (χ1) is 11.9. The van der Waals surface area contributed by atoms with Gasteiger partial charge in [0.05, 0.1) is 24.2 Å². The van der Waals surface area contributed by atoms with Crippen molar-refractivity contribution in [1.82, 2.24) is 24.5 Å². The average molecular weight is 361 g/mol. The van der Waals surface area contributed by atoms with Crippen molar-refractivity contribution in [2.24, 2.45) is 0 Å². The van der Waals surface area contributed by atoms with Crippen LogP contribution in [-0.4, -0.2) is 61.3 Å². The molecule has 3 aromatic rings. The highest BCUT2D eigenvalue weighted by Crippen LogP contribution is 2.39. The molecular weight excluding hydrogens is 342 g/mol. The Morgan fingerprint density at radius 1 is 1.52 bits per heavy atom. The second-order valence-electron chi connectivity index (χ2n) is 6.81. The Morgan fingerprint density at radius 3 is 3.08 bits per heavy atom. The summed E-state index contributed by atoms with van der Waals surface area (Å²) in [4.78, 5) is 24.8. The minimum Gasteiger partial charge on any atom is -0.395 e. The summed E-state index contributed by atoms with van der Waals surface area (Å²) in [6, 6.07) is 0. The third kappa shape index (κ3) is 2.68. The number of fused-ring (bicyclic) bond motifs is 5.